The van der Waals surface area contributed by atoms with Crippen molar-refractivity contribution in [2.24, 2.45) is 30.0 Å². The summed E-state index contributed by atoms with van der Waals surface area (Å²) in [4.78, 5) is 33.3. The molecule has 11 aromatic rings. The van der Waals surface area contributed by atoms with Crippen LogP contribution in [0.1, 0.15) is 68.7 Å². The van der Waals surface area contributed by atoms with E-state index in [2.05, 4.69) is 53.7 Å². The molecule has 15 rings (SSSR count). The van der Waals surface area contributed by atoms with Gasteiger partial charge >= 0.3 is 424 Å². The van der Waals surface area contributed by atoms with Gasteiger partial charge in [-0.1, -0.05) is 23.3 Å². The maximum absolute atomic E-state index is 12.8. The number of hydrogen-bond acceptors (Lipinski definition) is 20. The third kappa shape index (κ3) is 12.1. The van der Waals surface area contributed by atoms with E-state index in [1.54, 1.807) is 60.7 Å². The fourth-order valence-corrected chi connectivity index (χ4v) is 17.7. The van der Waals surface area contributed by atoms with Crippen molar-refractivity contribution in [3.63, 3.8) is 0 Å². The van der Waals surface area contributed by atoms with E-state index in [4.69, 9.17) is 39.0 Å². The van der Waals surface area contributed by atoms with Crippen molar-refractivity contribution >= 4 is 160 Å². The third-order valence-electron chi connectivity index (χ3n) is 16.4. The molecule has 0 unspecified atom stereocenters. The summed E-state index contributed by atoms with van der Waals surface area (Å²) in [6.07, 6.45) is 15.0. The Kier molecular flexibility index (Phi) is 17.2. The molecule has 6 bridgehead atoms. The number of hydrogen-bond donors (Lipinski definition) is 1. The van der Waals surface area contributed by atoms with Crippen LogP contribution in [-0.4, -0.2) is 110 Å². The Morgan fingerprint density at radius 1 is 0.574 bits per heavy atom. The zero-order valence-corrected chi connectivity index (χ0v) is 55.6. The molecule has 0 fully saturated rings. The SMILES string of the molecule is CC(C)=CCC/C(C)=C/COCCCC[n+]1cc[nH]c1.O.O=S(=O)([O-])c1cccc2cc3c(cc12)C1=Nc2c4cc5cccc(S(=O)(=O)[O-])c5cc4c4[n]2[Ga][n]2c(c5cc6cccc(S(=O)(=O)[O-])c6cc5c2=NC3=N1)=NC1=NC(=N4)c2cc3cccc(SOO[O-])c3cc21. The molecule has 0 spiro atoms. The van der Waals surface area contributed by atoms with Crippen LogP contribution in [0.4, 0.5) is 11.6 Å². The molecule has 4 aliphatic rings. The molecule has 94 heavy (non-hydrogen) atoms. The van der Waals surface area contributed by atoms with Crippen LogP contribution in [0.15, 0.2) is 213 Å². The van der Waals surface area contributed by atoms with Gasteiger partial charge in [-0.25, -0.2) is 4.57 Å². The molecule has 0 saturated heterocycles. The van der Waals surface area contributed by atoms with Crippen LogP contribution < -0.4 is 20.8 Å². The van der Waals surface area contributed by atoms with Gasteiger partial charge in [0.05, 0.1) is 13.2 Å². The number of allylic oxidation sites excluding steroid dienone is 3. The van der Waals surface area contributed by atoms with Gasteiger partial charge in [0.1, 0.15) is 12.4 Å². The van der Waals surface area contributed by atoms with Crippen LogP contribution in [0.25, 0.3) is 64.6 Å². The second-order valence-electron chi connectivity index (χ2n) is 22.7. The molecule has 0 atom stereocenters. The molecular formula is C65H51GaN10O14S4-3. The van der Waals surface area contributed by atoms with Crippen LogP contribution in [0.3, 0.4) is 0 Å². The minimum absolute atomic E-state index is 0. The summed E-state index contributed by atoms with van der Waals surface area (Å²) >= 11 is -1.74. The van der Waals surface area contributed by atoms with E-state index >= 15 is 0 Å². The zero-order chi connectivity index (χ0) is 64.7. The Hall–Kier alpha value is -8.63. The van der Waals surface area contributed by atoms with Gasteiger partial charge in [-0.15, -0.1) is 0 Å². The normalized spacial score (nSPS) is 14.1. The van der Waals surface area contributed by atoms with Gasteiger partial charge in [-0.05, 0) is 46.5 Å². The molecule has 7 heterocycles. The zero-order valence-electron chi connectivity index (χ0n) is 49.9. The van der Waals surface area contributed by atoms with Gasteiger partial charge in [0.25, 0.3) is 0 Å². The number of imidazole rings is 1. The predicted octanol–water partition coefficient (Wildman–Crippen LogP) is 7.99. The first-order chi connectivity index (χ1) is 44.7. The van der Waals surface area contributed by atoms with Gasteiger partial charge in [-0.2, -0.15) is 0 Å². The summed E-state index contributed by atoms with van der Waals surface area (Å²) in [5, 5.41) is 19.1. The molecule has 4 aliphatic heterocycles. The number of amidine groups is 4. The number of unbranched alkanes of at least 4 members (excludes halogenated alkanes) is 1. The van der Waals surface area contributed by atoms with Crippen molar-refractivity contribution in [1.82, 2.24) is 11.5 Å². The summed E-state index contributed by atoms with van der Waals surface area (Å²) in [6, 6.07) is 31.7. The standard InChI is InChI=1S/C48H24N8O12S4.C17H28N2O.Ga.H2O/c57-67-68-69-37-9-1-5-21-13-29-33(17-25(21)37)45-49-41(29)51-46-35-19-27-23(7-3-11-39(27)71(61,62)63)15-31(35)43(53-46)55-48-36-20-28-24(8-4-12-40(28)72(64,65)66)16-32(36)44(56-48)54-47-34-18-26-22(14-30(34)42(50-45)52-47)6-2-10-38(26)70(58,59)60;1-16(2)7-6-8-17(3)9-14-20-13-5-4-11-19-12-10-18-15-19;;/h1-20H,(H4-2,49,50,51,52,53,54,55,56,57,58,59,60,61,62,63,64,65,66);7,9-10,12,15H,4-6,8,11,13-14H2,1-3H3;;1H2/q-2;;+2;/p-3/b;17-9+;;. The van der Waals surface area contributed by atoms with E-state index in [0.29, 0.717) is 93.2 Å². The Morgan fingerprint density at radius 2 is 1.06 bits per heavy atom. The van der Waals surface area contributed by atoms with Crippen molar-refractivity contribution < 1.29 is 68.3 Å². The number of aromatic nitrogens is 4. The molecule has 0 saturated carbocycles. The molecule has 475 valence electrons. The van der Waals surface area contributed by atoms with E-state index in [1.807, 2.05) is 37.3 Å². The third-order valence-corrected chi connectivity index (χ3v) is 22.8. The number of aryl methyl sites for hydroxylation is 1. The summed E-state index contributed by atoms with van der Waals surface area (Å²) < 4.78 is 131. The number of rotatable bonds is 16. The van der Waals surface area contributed by atoms with Crippen molar-refractivity contribution in [3.05, 3.63) is 197 Å². The Labute approximate surface area is 548 Å². The van der Waals surface area contributed by atoms with Crippen molar-refractivity contribution in [3.8, 4) is 0 Å². The van der Waals surface area contributed by atoms with Gasteiger partial charge in [0, 0.05) is 6.61 Å². The molecular weight excluding hydrogens is 1340 g/mol. The van der Waals surface area contributed by atoms with Crippen LogP contribution >= 0.6 is 12.0 Å². The van der Waals surface area contributed by atoms with E-state index < -0.39 is 62.9 Å². The molecule has 0 amide bonds. The van der Waals surface area contributed by atoms with Crippen LogP contribution in [-0.2, 0) is 51.0 Å². The van der Waals surface area contributed by atoms with E-state index in [-0.39, 0.29) is 62.1 Å². The average Bonchev–Trinajstić information content (AvgIpc) is 1.54. The van der Waals surface area contributed by atoms with Crippen LogP contribution in [0.2, 0.25) is 0 Å². The van der Waals surface area contributed by atoms with E-state index in [9.17, 15) is 44.2 Å². The van der Waals surface area contributed by atoms with Gasteiger partial charge in [0.2, 0.25) is 6.33 Å². The molecule has 3 N–H and O–H groups in total. The Balaban J connectivity index is 0.000000331. The maximum atomic E-state index is 12.8. The number of nitrogens with one attached hydrogen (secondary N) is 1. The molecule has 3 aromatic heterocycles. The van der Waals surface area contributed by atoms with E-state index in [0.717, 1.165) is 45.4 Å². The first-order valence-electron chi connectivity index (χ1n) is 29.1. The quantitative estimate of drug-likeness (QED) is 0.0140. The van der Waals surface area contributed by atoms with Crippen molar-refractivity contribution in [1.29, 1.82) is 0 Å². The second-order valence-corrected chi connectivity index (χ2v) is 30.1. The number of benzene rings is 8. The number of H-pyrrole nitrogens is 1. The van der Waals surface area contributed by atoms with Gasteiger partial charge in [-0.3, -0.25) is 4.98 Å². The topological polar surface area (TPSA) is 358 Å². The molecule has 1 radical (unpaired) electrons. The summed E-state index contributed by atoms with van der Waals surface area (Å²) in [5.41, 5.74) is 5.10. The van der Waals surface area contributed by atoms with Gasteiger partial charge in [0.15, 0.2) is 0 Å². The van der Waals surface area contributed by atoms with E-state index in [1.165, 1.54) is 53.6 Å². The Bertz CT molecular complexity index is 5740. The number of fused-ring (bicyclic) bond motifs is 18. The first kappa shape index (κ1) is 64.1. The van der Waals surface area contributed by atoms with Crippen LogP contribution in [0.5, 0.6) is 0 Å². The summed E-state index contributed by atoms with van der Waals surface area (Å²) in [6.45, 7) is 9.14. The minimum atomic E-state index is -5.02. The van der Waals surface area contributed by atoms with Crippen LogP contribution in [0, 0.1) is 0 Å². The fourth-order valence-electron chi connectivity index (χ4n) is 12.1. The monoisotopic (exact) mass is 1390 g/mol. The molecule has 8 aromatic carbocycles. The Morgan fingerprint density at radius 3 is 1.62 bits per heavy atom. The summed E-state index contributed by atoms with van der Waals surface area (Å²) in [5.74, 6) is 1.07. The fraction of sp³-hybridized carbons (Fsp3) is 0.154. The average molecular weight is 1390 g/mol. The van der Waals surface area contributed by atoms with Gasteiger partial charge < -0.3 is 10.2 Å². The summed E-state index contributed by atoms with van der Waals surface area (Å²) in [7, 11) is -15.0. The van der Waals surface area contributed by atoms with Crippen molar-refractivity contribution in [2.75, 3.05) is 13.2 Å². The number of aromatic amines is 1. The number of nitrogens with zero attached hydrogens (tertiary/aromatic N) is 9. The second kappa shape index (κ2) is 25.3. The number of ether oxygens (including phenoxy) is 1. The van der Waals surface area contributed by atoms with Crippen molar-refractivity contribution in [2.45, 2.75) is 72.6 Å². The predicted molar refractivity (Wildman–Crippen MR) is 350 cm³/mol. The molecule has 24 nitrogen and oxygen atoms in total. The first-order valence-corrected chi connectivity index (χ1v) is 36.2. The number of aliphatic imine (C=N–C) groups is 4. The molecule has 0 aliphatic carbocycles. The molecule has 29 heteroatoms.